The number of morpholine rings is 1. The van der Waals surface area contributed by atoms with E-state index in [0.717, 1.165) is 49.2 Å². The second-order valence-electron chi connectivity index (χ2n) is 7.11. The first-order valence-electron chi connectivity index (χ1n) is 9.49. The predicted molar refractivity (Wildman–Crippen MR) is 102 cm³/mol. The van der Waals surface area contributed by atoms with E-state index >= 15 is 0 Å². The van der Waals surface area contributed by atoms with Crippen LogP contribution in [0.4, 0.5) is 17.6 Å². The second kappa shape index (κ2) is 6.64. The molecule has 0 amide bonds. The number of fused-ring (bicyclic) bond motifs is 1. The quantitative estimate of drug-likeness (QED) is 0.752. The van der Waals surface area contributed by atoms with Crippen LogP contribution in [-0.2, 0) is 4.74 Å². The summed E-state index contributed by atoms with van der Waals surface area (Å²) in [4.78, 5) is 14.9. The Kier molecular flexibility index (Phi) is 4.01. The average Bonchev–Trinajstić information content (AvgIpc) is 3.42. The standard InChI is InChI=1S/C19H24N6O/c1-2-4-14(3-1)25-8-7-20-19(25)23-18-21-16-6-5-15(13-17(16)22-18)24-9-11-26-12-10-24/h5-8,13-14H,1-4,9-12H2,(H2,20,21,22,23). The number of hydrogen-bond donors (Lipinski definition) is 2. The highest BCUT2D eigenvalue weighted by atomic mass is 16.5. The van der Waals surface area contributed by atoms with Crippen LogP contribution in [-0.4, -0.2) is 45.8 Å². The summed E-state index contributed by atoms with van der Waals surface area (Å²) in [5.74, 6) is 1.61. The fourth-order valence-corrected chi connectivity index (χ4v) is 4.07. The van der Waals surface area contributed by atoms with Gasteiger partial charge in [0.1, 0.15) is 0 Å². The van der Waals surface area contributed by atoms with E-state index in [1.54, 1.807) is 0 Å². The molecule has 2 aliphatic rings. The number of aromatic nitrogens is 4. The van der Waals surface area contributed by atoms with Crippen molar-refractivity contribution in [1.29, 1.82) is 0 Å². The van der Waals surface area contributed by atoms with E-state index in [0.29, 0.717) is 6.04 Å². The minimum atomic E-state index is 0.553. The smallest absolute Gasteiger partial charge is 0.209 e. The molecule has 1 saturated heterocycles. The van der Waals surface area contributed by atoms with Crippen LogP contribution in [0.1, 0.15) is 31.7 Å². The summed E-state index contributed by atoms with van der Waals surface area (Å²) in [6, 6.07) is 6.93. The van der Waals surface area contributed by atoms with Gasteiger partial charge in [-0.1, -0.05) is 12.8 Å². The largest absolute Gasteiger partial charge is 0.378 e. The first-order valence-corrected chi connectivity index (χ1v) is 9.49. The summed E-state index contributed by atoms with van der Waals surface area (Å²) >= 11 is 0. The molecule has 0 spiro atoms. The molecule has 0 unspecified atom stereocenters. The lowest BCUT2D eigenvalue weighted by Crippen LogP contribution is -2.36. The van der Waals surface area contributed by atoms with Crippen molar-refractivity contribution in [3.8, 4) is 0 Å². The molecule has 3 aromatic rings. The zero-order valence-electron chi connectivity index (χ0n) is 14.8. The molecule has 1 aliphatic heterocycles. The number of H-pyrrole nitrogens is 1. The van der Waals surface area contributed by atoms with Gasteiger partial charge in [0, 0.05) is 37.2 Å². The van der Waals surface area contributed by atoms with Gasteiger partial charge in [-0.05, 0) is 31.0 Å². The molecule has 2 aromatic heterocycles. The van der Waals surface area contributed by atoms with Gasteiger partial charge in [0.05, 0.1) is 24.2 Å². The predicted octanol–water partition coefficient (Wildman–Crippen LogP) is 3.45. The molecule has 2 N–H and O–H groups in total. The van der Waals surface area contributed by atoms with Gasteiger partial charge in [0.2, 0.25) is 11.9 Å². The van der Waals surface area contributed by atoms with E-state index in [4.69, 9.17) is 4.74 Å². The van der Waals surface area contributed by atoms with Gasteiger partial charge < -0.3 is 19.2 Å². The first-order chi connectivity index (χ1) is 12.9. The fourth-order valence-electron chi connectivity index (χ4n) is 4.07. The molecular weight excluding hydrogens is 328 g/mol. The third-order valence-electron chi connectivity index (χ3n) is 5.46. The van der Waals surface area contributed by atoms with E-state index < -0.39 is 0 Å². The average molecular weight is 352 g/mol. The van der Waals surface area contributed by atoms with Gasteiger partial charge >= 0.3 is 0 Å². The Bertz CT molecular complexity index is 888. The van der Waals surface area contributed by atoms with Crippen LogP contribution in [0.15, 0.2) is 30.6 Å². The Labute approximate surface area is 152 Å². The van der Waals surface area contributed by atoms with Crippen molar-refractivity contribution < 1.29 is 4.74 Å². The van der Waals surface area contributed by atoms with Crippen LogP contribution < -0.4 is 10.2 Å². The fraction of sp³-hybridized carbons (Fsp3) is 0.474. The van der Waals surface area contributed by atoms with Crippen molar-refractivity contribution in [1.82, 2.24) is 19.5 Å². The van der Waals surface area contributed by atoms with Gasteiger partial charge in [-0.2, -0.15) is 0 Å². The number of rotatable bonds is 4. The molecule has 7 nitrogen and oxygen atoms in total. The van der Waals surface area contributed by atoms with E-state index in [9.17, 15) is 0 Å². The van der Waals surface area contributed by atoms with Gasteiger partial charge in [-0.15, -0.1) is 0 Å². The minimum absolute atomic E-state index is 0.553. The summed E-state index contributed by atoms with van der Waals surface area (Å²) in [5.41, 5.74) is 3.21. The molecular formula is C19H24N6O. The zero-order valence-corrected chi connectivity index (χ0v) is 14.8. The Morgan fingerprint density at radius 3 is 2.85 bits per heavy atom. The van der Waals surface area contributed by atoms with Crippen molar-refractivity contribution in [3.05, 3.63) is 30.6 Å². The van der Waals surface area contributed by atoms with Gasteiger partial charge in [-0.25, -0.2) is 9.97 Å². The van der Waals surface area contributed by atoms with Gasteiger partial charge in [-0.3, -0.25) is 5.32 Å². The molecule has 3 heterocycles. The Balaban J connectivity index is 1.39. The van der Waals surface area contributed by atoms with E-state index in [1.165, 1.54) is 31.4 Å². The first kappa shape index (κ1) is 15.7. The van der Waals surface area contributed by atoms with E-state index in [1.807, 2.05) is 6.20 Å². The van der Waals surface area contributed by atoms with Crippen LogP contribution in [0, 0.1) is 0 Å². The molecule has 5 rings (SSSR count). The van der Waals surface area contributed by atoms with Crippen LogP contribution in [0.3, 0.4) is 0 Å². The number of anilines is 3. The summed E-state index contributed by atoms with van der Waals surface area (Å²) in [6.45, 7) is 3.45. The lowest BCUT2D eigenvalue weighted by atomic mass is 10.2. The van der Waals surface area contributed by atoms with Crippen molar-refractivity contribution in [2.45, 2.75) is 31.7 Å². The third kappa shape index (κ3) is 2.92. The van der Waals surface area contributed by atoms with Crippen molar-refractivity contribution in [2.24, 2.45) is 0 Å². The summed E-state index contributed by atoms with van der Waals surface area (Å²) < 4.78 is 7.69. The SMILES string of the molecule is c1cn(C2CCCC2)c(Nc2nc3ccc(N4CCOCC4)cc3[nH]2)n1. The highest BCUT2D eigenvalue weighted by Gasteiger charge is 2.20. The normalized spacial score (nSPS) is 18.7. The number of nitrogens with zero attached hydrogens (tertiary/aromatic N) is 4. The Hall–Kier alpha value is -2.54. The summed E-state index contributed by atoms with van der Waals surface area (Å²) in [6.07, 6.45) is 8.99. The van der Waals surface area contributed by atoms with Crippen molar-refractivity contribution >= 4 is 28.6 Å². The number of hydrogen-bond acceptors (Lipinski definition) is 5. The molecule has 7 heteroatoms. The van der Waals surface area contributed by atoms with Crippen LogP contribution in [0.2, 0.25) is 0 Å². The molecule has 0 radical (unpaired) electrons. The van der Waals surface area contributed by atoms with Crippen LogP contribution >= 0.6 is 0 Å². The highest BCUT2D eigenvalue weighted by Crippen LogP contribution is 2.32. The van der Waals surface area contributed by atoms with E-state index in [2.05, 4.69) is 54.1 Å². The number of aromatic amines is 1. The number of nitrogens with one attached hydrogen (secondary N) is 2. The molecule has 1 saturated carbocycles. The number of imidazole rings is 2. The summed E-state index contributed by atoms with van der Waals surface area (Å²) in [7, 11) is 0. The van der Waals surface area contributed by atoms with E-state index in [-0.39, 0.29) is 0 Å². The maximum absolute atomic E-state index is 5.44. The van der Waals surface area contributed by atoms with Crippen LogP contribution in [0.5, 0.6) is 0 Å². The monoisotopic (exact) mass is 352 g/mol. The maximum Gasteiger partial charge on any atom is 0.209 e. The van der Waals surface area contributed by atoms with Gasteiger partial charge in [0.25, 0.3) is 0 Å². The summed E-state index contributed by atoms with van der Waals surface area (Å²) in [5, 5.41) is 3.37. The number of ether oxygens (including phenoxy) is 1. The Morgan fingerprint density at radius 2 is 2.00 bits per heavy atom. The molecule has 2 fully saturated rings. The second-order valence-corrected chi connectivity index (χ2v) is 7.11. The molecule has 0 bridgehead atoms. The maximum atomic E-state index is 5.44. The van der Waals surface area contributed by atoms with Crippen molar-refractivity contribution in [2.75, 3.05) is 36.5 Å². The molecule has 26 heavy (non-hydrogen) atoms. The molecule has 136 valence electrons. The van der Waals surface area contributed by atoms with Crippen LogP contribution in [0.25, 0.3) is 11.0 Å². The Morgan fingerprint density at radius 1 is 1.15 bits per heavy atom. The molecule has 0 atom stereocenters. The van der Waals surface area contributed by atoms with Crippen molar-refractivity contribution in [3.63, 3.8) is 0 Å². The lowest BCUT2D eigenvalue weighted by Gasteiger charge is -2.28. The number of benzene rings is 1. The third-order valence-corrected chi connectivity index (χ3v) is 5.46. The van der Waals surface area contributed by atoms with Gasteiger partial charge in [0.15, 0.2) is 0 Å². The lowest BCUT2D eigenvalue weighted by molar-refractivity contribution is 0.122. The molecule has 1 aliphatic carbocycles. The topological polar surface area (TPSA) is 71.0 Å². The molecule has 1 aromatic carbocycles. The highest BCUT2D eigenvalue weighted by molar-refractivity contribution is 5.82. The zero-order chi connectivity index (χ0) is 17.3. The minimum Gasteiger partial charge on any atom is -0.378 e.